The number of hydrogen-bond donors (Lipinski definition) is 2. The smallest absolute Gasteiger partial charge is 0.397 e. The first-order valence-electron chi connectivity index (χ1n) is 8.23. The van der Waals surface area contributed by atoms with Crippen LogP contribution in [0.4, 0.5) is 0 Å². The maximum atomic E-state index is 11.9. The van der Waals surface area contributed by atoms with E-state index < -0.39 is 26.8 Å². The van der Waals surface area contributed by atoms with E-state index in [0.717, 1.165) is 0 Å². The third-order valence-corrected chi connectivity index (χ3v) is 4.10. The van der Waals surface area contributed by atoms with Crippen LogP contribution in [0.5, 0.6) is 11.5 Å². The number of carbonyl (C=O) groups is 1. The number of rotatable bonds is 14. The van der Waals surface area contributed by atoms with Gasteiger partial charge in [-0.15, -0.1) is 0 Å². The molecule has 0 unspecified atom stereocenters. The molecule has 0 aliphatic rings. The van der Waals surface area contributed by atoms with Gasteiger partial charge in [-0.3, -0.25) is 9.11 Å². The average Bonchev–Trinajstić information content (AvgIpc) is 2.62. The summed E-state index contributed by atoms with van der Waals surface area (Å²) < 4.78 is 82.5. The first-order chi connectivity index (χ1) is 13.5. The zero-order valence-corrected chi connectivity index (χ0v) is 17.1. The average molecular weight is 458 g/mol. The van der Waals surface area contributed by atoms with E-state index in [1.807, 2.05) is 0 Å². The molecule has 0 spiro atoms. The second-order valence-corrected chi connectivity index (χ2v) is 7.59. The Bertz CT molecular complexity index is 863. The van der Waals surface area contributed by atoms with Crippen LogP contribution >= 0.6 is 0 Å². The van der Waals surface area contributed by atoms with E-state index in [9.17, 15) is 21.6 Å². The number of hydrogen-bond acceptors (Lipinski definition) is 10. The summed E-state index contributed by atoms with van der Waals surface area (Å²) in [6.45, 7) is -0.276. The van der Waals surface area contributed by atoms with Gasteiger partial charge < -0.3 is 14.2 Å². The molecule has 0 saturated heterocycles. The van der Waals surface area contributed by atoms with E-state index in [1.165, 1.54) is 25.3 Å². The predicted molar refractivity (Wildman–Crippen MR) is 97.6 cm³/mol. The van der Waals surface area contributed by atoms with Crippen LogP contribution in [-0.2, 0) is 33.9 Å². The van der Waals surface area contributed by atoms with Gasteiger partial charge in [0, 0.05) is 6.42 Å². The van der Waals surface area contributed by atoms with Gasteiger partial charge in [0.05, 0.1) is 33.5 Å². The highest BCUT2D eigenvalue weighted by Gasteiger charge is 2.15. The molecular formula is C15H22O12S2. The molecule has 1 aromatic rings. The van der Waals surface area contributed by atoms with Crippen LogP contribution in [0, 0.1) is 0 Å². The number of carbonyl (C=O) groups excluding carboxylic acids is 1. The molecule has 0 aliphatic carbocycles. The molecular weight excluding hydrogens is 436 g/mol. The Morgan fingerprint density at radius 3 is 2.00 bits per heavy atom. The highest BCUT2D eigenvalue weighted by atomic mass is 32.3. The minimum absolute atomic E-state index is 0.0596. The van der Waals surface area contributed by atoms with Crippen molar-refractivity contribution in [2.24, 2.45) is 0 Å². The summed E-state index contributed by atoms with van der Waals surface area (Å²) in [6, 6.07) is 4.38. The molecule has 0 bridgehead atoms. The quantitative estimate of drug-likeness (QED) is 0.231. The zero-order valence-electron chi connectivity index (χ0n) is 15.5. The minimum Gasteiger partial charge on any atom is -0.493 e. The molecule has 29 heavy (non-hydrogen) atoms. The Hall–Kier alpha value is -1.97. The van der Waals surface area contributed by atoms with Crippen molar-refractivity contribution in [3.63, 3.8) is 0 Å². The molecule has 0 aromatic heterocycles. The van der Waals surface area contributed by atoms with Gasteiger partial charge in [-0.1, -0.05) is 0 Å². The zero-order chi connectivity index (χ0) is 21.9. The third-order valence-electron chi connectivity index (χ3n) is 3.17. The van der Waals surface area contributed by atoms with Gasteiger partial charge in [-0.25, -0.2) is 13.2 Å². The molecule has 2 N–H and O–H groups in total. The Kier molecular flexibility index (Phi) is 10.3. The fourth-order valence-electron chi connectivity index (χ4n) is 1.96. The van der Waals surface area contributed by atoms with Crippen LogP contribution in [0.1, 0.15) is 29.6 Å². The summed E-state index contributed by atoms with van der Waals surface area (Å²) >= 11 is 0. The van der Waals surface area contributed by atoms with Gasteiger partial charge in [-0.05, 0) is 31.0 Å². The first kappa shape index (κ1) is 25.1. The molecule has 0 amide bonds. The van der Waals surface area contributed by atoms with Crippen molar-refractivity contribution in [2.45, 2.75) is 19.3 Å². The molecule has 0 radical (unpaired) electrons. The lowest BCUT2D eigenvalue weighted by molar-refractivity contribution is 0.0595. The number of esters is 1. The first-order valence-corrected chi connectivity index (χ1v) is 11.0. The van der Waals surface area contributed by atoms with Crippen molar-refractivity contribution in [1.29, 1.82) is 0 Å². The molecule has 0 aliphatic heterocycles. The van der Waals surface area contributed by atoms with Crippen molar-refractivity contribution in [3.8, 4) is 11.5 Å². The summed E-state index contributed by atoms with van der Waals surface area (Å²) in [4.78, 5) is 11.9. The van der Waals surface area contributed by atoms with Crippen molar-refractivity contribution < 1.29 is 53.3 Å². The molecule has 166 valence electrons. The second kappa shape index (κ2) is 11.9. The largest absolute Gasteiger partial charge is 0.493 e. The minimum atomic E-state index is -4.50. The normalized spacial score (nSPS) is 11.8. The van der Waals surface area contributed by atoms with Gasteiger partial charge >= 0.3 is 26.8 Å². The van der Waals surface area contributed by atoms with Gasteiger partial charge in [-0.2, -0.15) is 16.8 Å². The van der Waals surface area contributed by atoms with E-state index >= 15 is 0 Å². The van der Waals surface area contributed by atoms with Crippen LogP contribution in [-0.4, -0.2) is 65.4 Å². The molecule has 14 heteroatoms. The highest BCUT2D eigenvalue weighted by Crippen LogP contribution is 2.25. The number of unbranched alkanes of at least 4 members (excludes halogenated alkanes) is 1. The van der Waals surface area contributed by atoms with E-state index in [0.29, 0.717) is 18.6 Å². The van der Waals surface area contributed by atoms with E-state index in [-0.39, 0.29) is 44.2 Å². The van der Waals surface area contributed by atoms with Gasteiger partial charge in [0.25, 0.3) is 0 Å². The lowest BCUT2D eigenvalue weighted by atomic mass is 10.2. The van der Waals surface area contributed by atoms with E-state index in [4.69, 9.17) is 23.3 Å². The Morgan fingerprint density at radius 2 is 1.41 bits per heavy atom. The Morgan fingerprint density at radius 1 is 0.862 bits per heavy atom. The monoisotopic (exact) mass is 458 g/mol. The predicted octanol–water partition coefficient (Wildman–Crippen LogP) is 1.04. The molecule has 1 aromatic carbocycles. The molecule has 12 nitrogen and oxygen atoms in total. The molecule has 0 fully saturated rings. The van der Waals surface area contributed by atoms with Gasteiger partial charge in [0.1, 0.15) is 17.1 Å². The molecule has 0 saturated carbocycles. The summed E-state index contributed by atoms with van der Waals surface area (Å²) in [6.07, 6.45) is 0.847. The van der Waals surface area contributed by atoms with Crippen molar-refractivity contribution in [3.05, 3.63) is 23.8 Å². The van der Waals surface area contributed by atoms with Crippen molar-refractivity contribution in [1.82, 2.24) is 0 Å². The fraction of sp³-hybridized carbons (Fsp3) is 0.533. The van der Waals surface area contributed by atoms with Crippen molar-refractivity contribution in [2.75, 3.05) is 33.5 Å². The summed E-state index contributed by atoms with van der Waals surface area (Å²) in [5.74, 6) is -0.157. The lowest BCUT2D eigenvalue weighted by Gasteiger charge is -2.13. The number of methoxy groups -OCH3 is 1. The van der Waals surface area contributed by atoms with Crippen LogP contribution in [0.15, 0.2) is 18.2 Å². The standard InChI is InChI=1S/C15H22O12S2/c1-23-15(16)13-11-12(24-8-4-10-27-29(20,21)22)5-6-14(13)25-7-2-3-9-26-28(17,18)19/h5-6,11H,2-4,7-10H2,1H3,(H,17,18,19)(H,20,21,22). The maximum Gasteiger partial charge on any atom is 0.397 e. The van der Waals surface area contributed by atoms with Gasteiger partial charge in [0.15, 0.2) is 0 Å². The highest BCUT2D eigenvalue weighted by molar-refractivity contribution is 7.81. The van der Waals surface area contributed by atoms with Crippen molar-refractivity contribution >= 4 is 26.8 Å². The summed E-state index contributed by atoms with van der Waals surface area (Å²) in [5.41, 5.74) is 0.0911. The second-order valence-electron chi connectivity index (χ2n) is 5.41. The number of benzene rings is 1. The van der Waals surface area contributed by atoms with Crippen LogP contribution in [0.2, 0.25) is 0 Å². The molecule has 0 heterocycles. The van der Waals surface area contributed by atoms with Crippen LogP contribution in [0.25, 0.3) is 0 Å². The molecule has 0 atom stereocenters. The SMILES string of the molecule is COC(=O)c1cc(OCCCOS(=O)(=O)O)ccc1OCCCCOS(=O)(=O)O. The van der Waals surface area contributed by atoms with Crippen LogP contribution in [0.3, 0.4) is 0 Å². The summed E-state index contributed by atoms with van der Waals surface area (Å²) in [5, 5.41) is 0. The van der Waals surface area contributed by atoms with E-state index in [1.54, 1.807) is 0 Å². The lowest BCUT2D eigenvalue weighted by Crippen LogP contribution is -2.10. The Balaban J connectivity index is 2.55. The van der Waals surface area contributed by atoms with Crippen LogP contribution < -0.4 is 9.47 Å². The number of ether oxygens (including phenoxy) is 3. The topological polar surface area (TPSA) is 172 Å². The summed E-state index contributed by atoms with van der Waals surface area (Å²) in [7, 11) is -7.78. The van der Waals surface area contributed by atoms with E-state index in [2.05, 4.69) is 8.37 Å². The van der Waals surface area contributed by atoms with Gasteiger partial charge in [0.2, 0.25) is 0 Å². The molecule has 1 rings (SSSR count). The maximum absolute atomic E-state index is 11.9. The Labute approximate surface area is 168 Å². The third kappa shape index (κ3) is 11.6. The fourth-order valence-corrected chi connectivity index (χ4v) is 2.61.